The maximum Gasteiger partial charge on any atom is 0.255 e. The smallest absolute Gasteiger partial charge is 0.255 e. The van der Waals surface area contributed by atoms with Gasteiger partial charge in [-0.25, -0.2) is 4.98 Å². The number of rotatable bonds is 8. The number of amides is 1. The molecule has 0 spiro atoms. The Kier molecular flexibility index (Phi) is 9.61. The molecule has 1 fully saturated rings. The van der Waals surface area contributed by atoms with Crippen molar-refractivity contribution >= 4 is 23.2 Å². The van der Waals surface area contributed by atoms with Gasteiger partial charge in [-0.05, 0) is 55.7 Å². The minimum atomic E-state index is -0.163. The van der Waals surface area contributed by atoms with Gasteiger partial charge in [0.2, 0.25) is 0 Å². The van der Waals surface area contributed by atoms with Crippen molar-refractivity contribution in [2.24, 2.45) is 5.92 Å². The van der Waals surface area contributed by atoms with Crippen molar-refractivity contribution in [1.82, 2.24) is 14.9 Å². The van der Waals surface area contributed by atoms with E-state index in [0.717, 1.165) is 36.3 Å². The molecule has 1 aliphatic heterocycles. The Bertz CT molecular complexity index is 1180. The van der Waals surface area contributed by atoms with E-state index in [4.69, 9.17) is 11.6 Å². The van der Waals surface area contributed by atoms with Crippen molar-refractivity contribution in [2.45, 2.75) is 63.3 Å². The molecule has 4 rings (SSSR count). The molecule has 2 aromatic carbocycles. The van der Waals surface area contributed by atoms with Crippen LogP contribution in [-0.2, 0) is 0 Å². The van der Waals surface area contributed by atoms with Crippen LogP contribution in [0.1, 0.15) is 67.8 Å². The van der Waals surface area contributed by atoms with Crippen molar-refractivity contribution in [3.05, 3.63) is 78.4 Å². The van der Waals surface area contributed by atoms with Crippen LogP contribution in [0, 0.1) is 17.8 Å². The molecule has 3 atom stereocenters. The third kappa shape index (κ3) is 7.71. The summed E-state index contributed by atoms with van der Waals surface area (Å²) in [5.41, 5.74) is 3.07. The monoisotopic (exact) mass is 502 g/mol. The lowest BCUT2D eigenvalue weighted by Gasteiger charge is -2.16. The molecular formula is C30H35ClN4O. The van der Waals surface area contributed by atoms with E-state index in [2.05, 4.69) is 34.4 Å². The molecule has 3 aromatic rings. The van der Waals surface area contributed by atoms with Gasteiger partial charge in [0.15, 0.2) is 0 Å². The Labute approximate surface area is 219 Å². The maximum atomic E-state index is 12.9. The van der Waals surface area contributed by atoms with Gasteiger partial charge in [-0.1, -0.05) is 56.6 Å². The summed E-state index contributed by atoms with van der Waals surface area (Å²) in [6.45, 7) is 3.11. The molecule has 2 N–H and O–H groups in total. The topological polar surface area (TPSA) is 59.0 Å². The quantitative estimate of drug-likeness (QED) is 0.212. The first-order valence-electron chi connectivity index (χ1n) is 13.0. The molecule has 5 nitrogen and oxygen atoms in total. The lowest BCUT2D eigenvalue weighted by Crippen LogP contribution is -2.31. The number of anilines is 1. The van der Waals surface area contributed by atoms with E-state index in [1.807, 2.05) is 59.3 Å². The van der Waals surface area contributed by atoms with Crippen LogP contribution in [0.5, 0.6) is 0 Å². The highest BCUT2D eigenvalue weighted by molar-refractivity contribution is 6.20. The summed E-state index contributed by atoms with van der Waals surface area (Å²) >= 11 is 6.65. The SMILES string of the molecule is CCCCCCC1CC(Cl)CC(C#Cc2cccc(C(=O)Nc3cccc(-n4ccnc4)c3)c2)CN1. The molecule has 0 saturated carbocycles. The Morgan fingerprint density at radius 2 is 2.06 bits per heavy atom. The fourth-order valence-electron chi connectivity index (χ4n) is 4.62. The van der Waals surface area contributed by atoms with Gasteiger partial charge in [0, 0.05) is 58.8 Å². The minimum Gasteiger partial charge on any atom is -0.322 e. The second kappa shape index (κ2) is 13.3. The van der Waals surface area contributed by atoms with Gasteiger partial charge >= 0.3 is 0 Å². The zero-order chi connectivity index (χ0) is 25.2. The predicted molar refractivity (Wildman–Crippen MR) is 148 cm³/mol. The lowest BCUT2D eigenvalue weighted by molar-refractivity contribution is 0.102. The first-order chi connectivity index (χ1) is 17.6. The van der Waals surface area contributed by atoms with E-state index in [-0.39, 0.29) is 17.2 Å². The average Bonchev–Trinajstić information content (AvgIpc) is 3.37. The normalized spacial score (nSPS) is 19.7. The van der Waals surface area contributed by atoms with E-state index >= 15 is 0 Å². The Morgan fingerprint density at radius 1 is 1.17 bits per heavy atom. The van der Waals surface area contributed by atoms with Crippen molar-refractivity contribution in [3.63, 3.8) is 0 Å². The number of benzene rings is 2. The maximum absolute atomic E-state index is 12.9. The highest BCUT2D eigenvalue weighted by atomic mass is 35.5. The van der Waals surface area contributed by atoms with E-state index in [9.17, 15) is 4.79 Å². The summed E-state index contributed by atoms with van der Waals surface area (Å²) in [5.74, 6) is 6.73. The summed E-state index contributed by atoms with van der Waals surface area (Å²) in [6, 6.07) is 15.6. The van der Waals surface area contributed by atoms with Gasteiger partial charge in [0.1, 0.15) is 0 Å². The predicted octanol–water partition coefficient (Wildman–Crippen LogP) is 6.42. The number of alkyl halides is 1. The van der Waals surface area contributed by atoms with Crippen LogP contribution in [0.4, 0.5) is 5.69 Å². The molecule has 0 bridgehead atoms. The molecule has 0 radical (unpaired) electrons. The van der Waals surface area contributed by atoms with E-state index in [1.54, 1.807) is 12.5 Å². The minimum absolute atomic E-state index is 0.144. The zero-order valence-electron chi connectivity index (χ0n) is 20.9. The van der Waals surface area contributed by atoms with Gasteiger partial charge < -0.3 is 15.2 Å². The first-order valence-corrected chi connectivity index (χ1v) is 13.4. The number of hydrogen-bond donors (Lipinski definition) is 2. The van der Waals surface area contributed by atoms with Gasteiger partial charge in [0.25, 0.3) is 5.91 Å². The number of carbonyl (C=O) groups excluding carboxylic acids is 1. The van der Waals surface area contributed by atoms with Crippen molar-refractivity contribution in [1.29, 1.82) is 0 Å². The summed E-state index contributed by atoms with van der Waals surface area (Å²) in [5, 5.41) is 6.82. The van der Waals surface area contributed by atoms with Crippen molar-refractivity contribution < 1.29 is 4.79 Å². The molecule has 6 heteroatoms. The van der Waals surface area contributed by atoms with Gasteiger partial charge in [-0.2, -0.15) is 0 Å². The summed E-state index contributed by atoms with van der Waals surface area (Å²) in [4.78, 5) is 17.0. The molecule has 1 amide bonds. The van der Waals surface area contributed by atoms with Crippen LogP contribution in [0.15, 0.2) is 67.3 Å². The zero-order valence-corrected chi connectivity index (χ0v) is 21.7. The van der Waals surface area contributed by atoms with Crippen LogP contribution >= 0.6 is 11.6 Å². The number of hydrogen-bond acceptors (Lipinski definition) is 3. The average molecular weight is 503 g/mol. The highest BCUT2D eigenvalue weighted by Gasteiger charge is 2.23. The molecule has 1 aliphatic rings. The second-order valence-corrected chi connectivity index (χ2v) is 10.2. The highest BCUT2D eigenvalue weighted by Crippen LogP contribution is 2.23. The second-order valence-electron chi connectivity index (χ2n) is 9.54. The molecule has 188 valence electrons. The van der Waals surface area contributed by atoms with E-state index in [0.29, 0.717) is 11.6 Å². The fourth-order valence-corrected chi connectivity index (χ4v) is 5.05. The fraction of sp³-hybridized carbons (Fsp3) is 0.400. The van der Waals surface area contributed by atoms with Crippen LogP contribution in [-0.4, -0.2) is 33.4 Å². The van der Waals surface area contributed by atoms with Crippen molar-refractivity contribution in [2.75, 3.05) is 11.9 Å². The standard InChI is InChI=1S/C30H35ClN4O/c1-2-3-4-5-10-27-19-26(31)18-24(21-33-27)14-13-23-8-6-9-25(17-23)30(36)34-28-11-7-12-29(20-28)35-16-15-32-22-35/h6-9,11-12,15-17,20,22,24,26-27,33H,2-5,10,18-19,21H2,1H3,(H,34,36). The number of aromatic nitrogens is 2. The lowest BCUT2D eigenvalue weighted by atomic mass is 10.0. The third-order valence-corrected chi connectivity index (χ3v) is 6.95. The summed E-state index contributed by atoms with van der Waals surface area (Å²) < 4.78 is 1.90. The van der Waals surface area contributed by atoms with Crippen LogP contribution in [0.25, 0.3) is 5.69 Å². The Morgan fingerprint density at radius 3 is 2.89 bits per heavy atom. The number of nitrogens with one attached hydrogen (secondary N) is 2. The largest absolute Gasteiger partial charge is 0.322 e. The summed E-state index contributed by atoms with van der Waals surface area (Å²) in [7, 11) is 0. The van der Waals surface area contributed by atoms with Gasteiger partial charge in [-0.15, -0.1) is 11.6 Å². The number of halogens is 1. The van der Waals surface area contributed by atoms with Crippen molar-refractivity contribution in [3.8, 4) is 17.5 Å². The molecule has 3 unspecified atom stereocenters. The van der Waals surface area contributed by atoms with Gasteiger partial charge in [0.05, 0.1) is 6.33 Å². The first kappa shape index (κ1) is 26.0. The van der Waals surface area contributed by atoms with E-state index in [1.165, 1.54) is 32.1 Å². The molecular weight excluding hydrogens is 468 g/mol. The van der Waals surface area contributed by atoms with Gasteiger partial charge in [-0.3, -0.25) is 4.79 Å². The number of nitrogens with zero attached hydrogens (tertiary/aromatic N) is 2. The number of imidazole rings is 1. The molecule has 1 aromatic heterocycles. The number of unbranched alkanes of at least 4 members (excludes halogenated alkanes) is 3. The molecule has 1 saturated heterocycles. The molecule has 36 heavy (non-hydrogen) atoms. The number of carbonyl (C=O) groups is 1. The Balaban J connectivity index is 1.36. The Hall–Kier alpha value is -3.07. The molecule has 2 heterocycles. The van der Waals surface area contributed by atoms with Crippen LogP contribution in [0.2, 0.25) is 0 Å². The molecule has 0 aliphatic carbocycles. The third-order valence-electron chi connectivity index (χ3n) is 6.59. The van der Waals surface area contributed by atoms with Crippen LogP contribution in [0.3, 0.4) is 0 Å². The summed E-state index contributed by atoms with van der Waals surface area (Å²) in [6.07, 6.45) is 13.5. The van der Waals surface area contributed by atoms with Crippen LogP contribution < -0.4 is 10.6 Å². The van der Waals surface area contributed by atoms with E-state index < -0.39 is 0 Å².